The Kier molecular flexibility index (Phi) is 5.26. The van der Waals surface area contributed by atoms with Crippen molar-refractivity contribution in [1.82, 2.24) is 19.8 Å². The van der Waals surface area contributed by atoms with E-state index in [0.717, 1.165) is 50.5 Å². The Bertz CT molecular complexity index is 811. The number of carbonyl (C=O) groups excluding carboxylic acids is 1. The van der Waals surface area contributed by atoms with E-state index in [1.807, 2.05) is 26.0 Å². The van der Waals surface area contributed by atoms with Gasteiger partial charge in [-0.25, -0.2) is 4.98 Å². The molecule has 7 nitrogen and oxygen atoms in total. The van der Waals surface area contributed by atoms with Crippen molar-refractivity contribution in [1.29, 1.82) is 0 Å². The van der Waals surface area contributed by atoms with Crippen LogP contribution in [0.2, 0.25) is 0 Å². The standard InChI is InChI=1S/C21H28N4O3/c1-21(2)27-18-5-3-4-17(20(18)28-21)13-24-9-6-16(7-10-24)12-23-19(26)14-25-11-8-22-15-25/h3-5,8,11,15-16H,6-7,9-10,12-14H2,1-2H3,(H,23,26). The smallest absolute Gasteiger partial charge is 0.246 e. The van der Waals surface area contributed by atoms with E-state index in [1.54, 1.807) is 23.3 Å². The van der Waals surface area contributed by atoms with Crippen LogP contribution < -0.4 is 14.8 Å². The molecule has 2 aliphatic heterocycles. The Morgan fingerprint density at radius 1 is 1.29 bits per heavy atom. The van der Waals surface area contributed by atoms with Crippen molar-refractivity contribution < 1.29 is 14.3 Å². The molecule has 2 aromatic rings. The minimum absolute atomic E-state index is 0.0417. The predicted octanol–water partition coefficient (Wildman–Crippen LogP) is 2.42. The van der Waals surface area contributed by atoms with Gasteiger partial charge >= 0.3 is 0 Å². The van der Waals surface area contributed by atoms with Crippen molar-refractivity contribution in [3.8, 4) is 11.5 Å². The summed E-state index contributed by atoms with van der Waals surface area (Å²) in [5.74, 6) is 1.68. The molecule has 1 aromatic carbocycles. The van der Waals surface area contributed by atoms with E-state index >= 15 is 0 Å². The number of para-hydroxylation sites is 1. The van der Waals surface area contributed by atoms with E-state index in [1.165, 1.54) is 5.56 Å². The first-order valence-corrected chi connectivity index (χ1v) is 9.93. The molecule has 1 N–H and O–H groups in total. The number of nitrogens with zero attached hydrogens (tertiary/aromatic N) is 3. The monoisotopic (exact) mass is 384 g/mol. The van der Waals surface area contributed by atoms with Gasteiger partial charge in [-0.1, -0.05) is 12.1 Å². The maximum Gasteiger partial charge on any atom is 0.246 e. The second-order valence-corrected chi connectivity index (χ2v) is 8.11. The fraction of sp³-hybridized carbons (Fsp3) is 0.524. The SMILES string of the molecule is CC1(C)Oc2cccc(CN3CCC(CNC(=O)Cn4ccnc4)CC3)c2O1. The first kappa shape index (κ1) is 18.8. The molecule has 3 heterocycles. The summed E-state index contributed by atoms with van der Waals surface area (Å²) in [5, 5.41) is 3.06. The zero-order valence-electron chi connectivity index (χ0n) is 16.6. The number of rotatable bonds is 6. The largest absolute Gasteiger partial charge is 0.449 e. The van der Waals surface area contributed by atoms with E-state index in [2.05, 4.69) is 21.3 Å². The first-order chi connectivity index (χ1) is 13.5. The van der Waals surface area contributed by atoms with E-state index in [0.29, 0.717) is 12.5 Å². The van der Waals surface area contributed by atoms with E-state index in [4.69, 9.17) is 9.47 Å². The van der Waals surface area contributed by atoms with E-state index < -0.39 is 5.79 Å². The molecule has 0 spiro atoms. The number of fused-ring (bicyclic) bond motifs is 1. The normalized spacial score (nSPS) is 18.9. The van der Waals surface area contributed by atoms with Crippen LogP contribution in [-0.4, -0.2) is 45.8 Å². The zero-order chi connectivity index (χ0) is 19.6. The van der Waals surface area contributed by atoms with Crippen LogP contribution >= 0.6 is 0 Å². The number of aromatic nitrogens is 2. The summed E-state index contributed by atoms with van der Waals surface area (Å²) >= 11 is 0. The molecule has 0 bridgehead atoms. The van der Waals surface area contributed by atoms with Gasteiger partial charge in [0.15, 0.2) is 11.5 Å². The van der Waals surface area contributed by atoms with Crippen molar-refractivity contribution in [3.05, 3.63) is 42.5 Å². The lowest BCUT2D eigenvalue weighted by Gasteiger charge is -2.32. The highest BCUT2D eigenvalue weighted by molar-refractivity contribution is 5.75. The lowest BCUT2D eigenvalue weighted by atomic mass is 9.96. The highest BCUT2D eigenvalue weighted by atomic mass is 16.7. The number of piperidine rings is 1. The van der Waals surface area contributed by atoms with E-state index in [9.17, 15) is 4.79 Å². The van der Waals surface area contributed by atoms with Crippen molar-refractivity contribution in [2.75, 3.05) is 19.6 Å². The topological polar surface area (TPSA) is 68.6 Å². The van der Waals surface area contributed by atoms with E-state index in [-0.39, 0.29) is 5.91 Å². The Morgan fingerprint density at radius 3 is 2.86 bits per heavy atom. The predicted molar refractivity (Wildman–Crippen MR) is 105 cm³/mol. The number of hydrogen-bond acceptors (Lipinski definition) is 5. The van der Waals surface area contributed by atoms with Crippen molar-refractivity contribution >= 4 is 5.91 Å². The van der Waals surface area contributed by atoms with Gasteiger partial charge in [-0.3, -0.25) is 9.69 Å². The van der Waals surface area contributed by atoms with Crippen LogP contribution in [0.5, 0.6) is 11.5 Å². The number of hydrogen-bond donors (Lipinski definition) is 1. The Balaban J connectivity index is 1.23. The van der Waals surface area contributed by atoms with Crippen LogP contribution in [0.15, 0.2) is 36.9 Å². The lowest BCUT2D eigenvalue weighted by molar-refractivity contribution is -0.121. The van der Waals surface area contributed by atoms with Gasteiger partial charge in [0.05, 0.1) is 6.33 Å². The molecule has 0 atom stereocenters. The Morgan fingerprint density at radius 2 is 2.11 bits per heavy atom. The van der Waals surface area contributed by atoms with Gasteiger partial charge in [-0.05, 0) is 37.9 Å². The fourth-order valence-corrected chi connectivity index (χ4v) is 3.86. The van der Waals surface area contributed by atoms with Gasteiger partial charge < -0.3 is 19.4 Å². The molecule has 7 heteroatoms. The quantitative estimate of drug-likeness (QED) is 0.828. The van der Waals surface area contributed by atoms with Gasteiger partial charge in [0, 0.05) is 44.9 Å². The molecule has 0 unspecified atom stereocenters. The maximum absolute atomic E-state index is 12.0. The summed E-state index contributed by atoms with van der Waals surface area (Å²) < 4.78 is 13.6. The van der Waals surface area contributed by atoms with Crippen molar-refractivity contribution in [2.45, 2.75) is 45.6 Å². The van der Waals surface area contributed by atoms with Crippen LogP contribution in [-0.2, 0) is 17.9 Å². The second-order valence-electron chi connectivity index (χ2n) is 8.11. The minimum atomic E-state index is -0.597. The van der Waals surface area contributed by atoms with Crippen molar-refractivity contribution in [2.24, 2.45) is 5.92 Å². The molecular weight excluding hydrogens is 356 g/mol. The number of carbonyl (C=O) groups is 1. The number of likely N-dealkylation sites (tertiary alicyclic amines) is 1. The molecule has 0 saturated carbocycles. The minimum Gasteiger partial charge on any atom is -0.449 e. The number of nitrogens with one attached hydrogen (secondary N) is 1. The van der Waals surface area contributed by atoms with Gasteiger partial charge in [-0.2, -0.15) is 0 Å². The molecule has 1 aromatic heterocycles. The van der Waals surface area contributed by atoms with Crippen LogP contribution in [0.1, 0.15) is 32.3 Å². The molecule has 1 saturated heterocycles. The van der Waals surface area contributed by atoms with Crippen molar-refractivity contribution in [3.63, 3.8) is 0 Å². The summed E-state index contributed by atoms with van der Waals surface area (Å²) in [6.07, 6.45) is 7.32. The van der Waals surface area contributed by atoms with Gasteiger partial charge in [0.1, 0.15) is 6.54 Å². The Labute approximate surface area is 165 Å². The number of benzene rings is 1. The number of imidazole rings is 1. The van der Waals surface area contributed by atoms with Gasteiger partial charge in [0.25, 0.3) is 0 Å². The highest BCUT2D eigenvalue weighted by Gasteiger charge is 2.33. The number of ether oxygens (including phenoxy) is 2. The summed E-state index contributed by atoms with van der Waals surface area (Å²) in [4.78, 5) is 18.4. The van der Waals surface area contributed by atoms with Gasteiger partial charge in [0.2, 0.25) is 11.7 Å². The third kappa shape index (κ3) is 4.47. The third-order valence-corrected chi connectivity index (χ3v) is 5.34. The zero-order valence-corrected chi connectivity index (χ0v) is 16.6. The summed E-state index contributed by atoms with van der Waals surface area (Å²) in [6.45, 7) is 7.85. The van der Waals surface area contributed by atoms with Crippen LogP contribution in [0, 0.1) is 5.92 Å². The molecule has 0 radical (unpaired) electrons. The second kappa shape index (κ2) is 7.83. The highest BCUT2D eigenvalue weighted by Crippen LogP contribution is 2.42. The molecule has 150 valence electrons. The average molecular weight is 384 g/mol. The maximum atomic E-state index is 12.0. The van der Waals surface area contributed by atoms with Crippen LogP contribution in [0.3, 0.4) is 0 Å². The summed E-state index contributed by atoms with van der Waals surface area (Å²) in [7, 11) is 0. The fourth-order valence-electron chi connectivity index (χ4n) is 3.86. The molecular formula is C21H28N4O3. The molecule has 1 fully saturated rings. The molecule has 4 rings (SSSR count). The number of amides is 1. The molecule has 28 heavy (non-hydrogen) atoms. The first-order valence-electron chi connectivity index (χ1n) is 9.93. The molecule has 1 amide bonds. The van der Waals surface area contributed by atoms with Crippen LogP contribution in [0.4, 0.5) is 0 Å². The average Bonchev–Trinajstić information content (AvgIpc) is 3.27. The molecule has 2 aliphatic rings. The lowest BCUT2D eigenvalue weighted by Crippen LogP contribution is -2.39. The summed E-state index contributed by atoms with van der Waals surface area (Å²) in [6, 6.07) is 6.11. The van der Waals surface area contributed by atoms with Gasteiger partial charge in [-0.15, -0.1) is 0 Å². The molecule has 0 aliphatic carbocycles. The third-order valence-electron chi connectivity index (χ3n) is 5.34. The summed E-state index contributed by atoms with van der Waals surface area (Å²) in [5.41, 5.74) is 1.18. The van der Waals surface area contributed by atoms with Crippen LogP contribution in [0.25, 0.3) is 0 Å². The Hall–Kier alpha value is -2.54.